The fraction of sp³-hybridized carbons (Fsp3) is 0.214. The molecule has 118 valence electrons. The van der Waals surface area contributed by atoms with E-state index in [9.17, 15) is 13.2 Å². The highest BCUT2D eigenvalue weighted by molar-refractivity contribution is 9.10. The second kappa shape index (κ2) is 6.91. The number of amides is 1. The van der Waals surface area contributed by atoms with Crippen molar-refractivity contribution in [1.82, 2.24) is 4.31 Å². The lowest BCUT2D eigenvalue weighted by molar-refractivity contribution is -0.116. The number of hydrogen-bond donors (Lipinski definition) is 1. The SMILES string of the molecule is Cc1cc(NC(=O)CN(C)S(=O)(=O)c2cccs2)ccc1Br. The van der Waals surface area contributed by atoms with Crippen molar-refractivity contribution < 1.29 is 13.2 Å². The monoisotopic (exact) mass is 402 g/mol. The van der Waals surface area contributed by atoms with Crippen LogP contribution in [0.4, 0.5) is 5.69 Å². The third-order valence-corrected chi connectivity index (χ3v) is 7.03. The predicted molar refractivity (Wildman–Crippen MR) is 91.6 cm³/mol. The molecule has 1 aromatic heterocycles. The number of benzene rings is 1. The Morgan fingerprint density at radius 3 is 2.68 bits per heavy atom. The Labute approximate surface area is 142 Å². The summed E-state index contributed by atoms with van der Waals surface area (Å²) in [4.78, 5) is 12.0. The summed E-state index contributed by atoms with van der Waals surface area (Å²) in [6.45, 7) is 1.67. The molecule has 0 aliphatic rings. The van der Waals surface area contributed by atoms with Gasteiger partial charge in [0.15, 0.2) is 0 Å². The van der Waals surface area contributed by atoms with Crippen LogP contribution in [0.5, 0.6) is 0 Å². The first-order chi connectivity index (χ1) is 10.3. The molecule has 0 atom stereocenters. The van der Waals surface area contributed by atoms with E-state index in [1.54, 1.807) is 17.5 Å². The van der Waals surface area contributed by atoms with Crippen LogP contribution in [0.15, 0.2) is 44.4 Å². The Kier molecular flexibility index (Phi) is 5.38. The van der Waals surface area contributed by atoms with Gasteiger partial charge in [0.25, 0.3) is 10.0 Å². The predicted octanol–water partition coefficient (Wildman–Crippen LogP) is 3.08. The number of carbonyl (C=O) groups is 1. The number of anilines is 1. The number of nitrogens with one attached hydrogen (secondary N) is 1. The maximum Gasteiger partial charge on any atom is 0.252 e. The third kappa shape index (κ3) is 3.95. The van der Waals surface area contributed by atoms with Crippen molar-refractivity contribution in [3.8, 4) is 0 Å². The van der Waals surface area contributed by atoms with Crippen molar-refractivity contribution in [1.29, 1.82) is 0 Å². The second-order valence-electron chi connectivity index (χ2n) is 4.71. The molecule has 2 rings (SSSR count). The van der Waals surface area contributed by atoms with Gasteiger partial charge in [-0.25, -0.2) is 8.42 Å². The molecule has 0 spiro atoms. The standard InChI is InChI=1S/C14H15BrN2O3S2/c1-10-8-11(5-6-12(10)15)16-13(18)9-17(2)22(19,20)14-4-3-7-21-14/h3-8H,9H2,1-2H3,(H,16,18). The molecule has 8 heteroatoms. The van der Waals surface area contributed by atoms with Crippen LogP contribution in [-0.4, -0.2) is 32.2 Å². The molecule has 0 radical (unpaired) electrons. The molecule has 0 saturated carbocycles. The smallest absolute Gasteiger partial charge is 0.252 e. The molecule has 22 heavy (non-hydrogen) atoms. The normalized spacial score (nSPS) is 11.6. The highest BCUT2D eigenvalue weighted by atomic mass is 79.9. The Morgan fingerprint density at radius 2 is 2.09 bits per heavy atom. The van der Waals surface area contributed by atoms with Gasteiger partial charge in [-0.05, 0) is 42.1 Å². The highest BCUT2D eigenvalue weighted by Gasteiger charge is 2.23. The second-order valence-corrected chi connectivity index (χ2v) is 8.78. The maximum absolute atomic E-state index is 12.2. The van der Waals surface area contributed by atoms with Gasteiger partial charge < -0.3 is 5.32 Å². The van der Waals surface area contributed by atoms with Gasteiger partial charge >= 0.3 is 0 Å². The Hall–Kier alpha value is -1.22. The van der Waals surface area contributed by atoms with Crippen LogP contribution in [0, 0.1) is 6.92 Å². The van der Waals surface area contributed by atoms with Gasteiger partial charge in [0.2, 0.25) is 5.91 Å². The topological polar surface area (TPSA) is 66.5 Å². The maximum atomic E-state index is 12.2. The van der Waals surface area contributed by atoms with E-state index in [0.717, 1.165) is 25.7 Å². The molecule has 1 amide bonds. The van der Waals surface area contributed by atoms with Crippen LogP contribution in [0.25, 0.3) is 0 Å². The number of rotatable bonds is 5. The number of aryl methyl sites for hydroxylation is 1. The van der Waals surface area contributed by atoms with Gasteiger partial charge in [-0.2, -0.15) is 4.31 Å². The zero-order valence-electron chi connectivity index (χ0n) is 12.0. The summed E-state index contributed by atoms with van der Waals surface area (Å²) in [6.07, 6.45) is 0. The summed E-state index contributed by atoms with van der Waals surface area (Å²) in [5.41, 5.74) is 1.62. The molecule has 2 aromatic rings. The lowest BCUT2D eigenvalue weighted by Crippen LogP contribution is -2.34. The summed E-state index contributed by atoms with van der Waals surface area (Å²) in [5.74, 6) is -0.385. The summed E-state index contributed by atoms with van der Waals surface area (Å²) >= 11 is 4.51. The molecule has 0 fully saturated rings. The quantitative estimate of drug-likeness (QED) is 0.835. The average Bonchev–Trinajstić information content (AvgIpc) is 2.97. The Bertz CT molecular complexity index is 773. The zero-order valence-corrected chi connectivity index (χ0v) is 15.3. The lowest BCUT2D eigenvalue weighted by atomic mass is 10.2. The minimum Gasteiger partial charge on any atom is -0.325 e. The molecule has 5 nitrogen and oxygen atoms in total. The number of likely N-dealkylation sites (N-methyl/N-ethyl adjacent to an activating group) is 1. The number of sulfonamides is 1. The first-order valence-electron chi connectivity index (χ1n) is 6.36. The summed E-state index contributed by atoms with van der Waals surface area (Å²) in [5, 5.41) is 4.38. The molecule has 0 unspecified atom stereocenters. The minimum absolute atomic E-state index is 0.224. The van der Waals surface area contributed by atoms with E-state index in [2.05, 4.69) is 21.2 Å². The van der Waals surface area contributed by atoms with Crippen molar-refractivity contribution in [2.75, 3.05) is 18.9 Å². The molecule has 1 heterocycles. The summed E-state index contributed by atoms with van der Waals surface area (Å²) in [7, 11) is -2.22. The zero-order chi connectivity index (χ0) is 16.3. The molecule has 0 aliphatic heterocycles. The van der Waals surface area contributed by atoms with Crippen LogP contribution < -0.4 is 5.32 Å². The highest BCUT2D eigenvalue weighted by Crippen LogP contribution is 2.21. The molecular formula is C14H15BrN2O3S2. The fourth-order valence-electron chi connectivity index (χ4n) is 1.77. The van der Waals surface area contributed by atoms with Gasteiger partial charge in [-0.3, -0.25) is 4.79 Å². The number of carbonyl (C=O) groups excluding carboxylic acids is 1. The van der Waals surface area contributed by atoms with Crippen molar-refractivity contribution in [3.05, 3.63) is 45.7 Å². The van der Waals surface area contributed by atoms with Crippen LogP contribution in [0.1, 0.15) is 5.56 Å². The lowest BCUT2D eigenvalue weighted by Gasteiger charge is -2.16. The van der Waals surface area contributed by atoms with Crippen LogP contribution in [-0.2, 0) is 14.8 Å². The molecule has 0 bridgehead atoms. The van der Waals surface area contributed by atoms with Crippen molar-refractivity contribution in [3.63, 3.8) is 0 Å². The average molecular weight is 403 g/mol. The first kappa shape index (κ1) is 17.1. The van der Waals surface area contributed by atoms with Gasteiger partial charge in [0.05, 0.1) is 6.54 Å². The van der Waals surface area contributed by atoms with E-state index in [1.807, 2.05) is 19.1 Å². The third-order valence-electron chi connectivity index (χ3n) is 2.97. The van der Waals surface area contributed by atoms with Gasteiger partial charge in [-0.15, -0.1) is 11.3 Å². The fourth-order valence-corrected chi connectivity index (χ4v) is 4.35. The molecule has 1 aromatic carbocycles. The van der Waals surface area contributed by atoms with Gasteiger partial charge in [-0.1, -0.05) is 22.0 Å². The molecule has 1 N–H and O–H groups in total. The van der Waals surface area contributed by atoms with Crippen molar-refractivity contribution >= 4 is 48.9 Å². The Morgan fingerprint density at radius 1 is 1.36 bits per heavy atom. The largest absolute Gasteiger partial charge is 0.325 e. The summed E-state index contributed by atoms with van der Waals surface area (Å²) < 4.78 is 26.7. The summed E-state index contributed by atoms with van der Waals surface area (Å²) in [6, 6.07) is 8.58. The molecule has 0 saturated heterocycles. The van der Waals surface area contributed by atoms with E-state index in [4.69, 9.17) is 0 Å². The van der Waals surface area contributed by atoms with Crippen LogP contribution in [0.3, 0.4) is 0 Å². The van der Waals surface area contributed by atoms with Crippen molar-refractivity contribution in [2.45, 2.75) is 11.1 Å². The van der Waals surface area contributed by atoms with Crippen LogP contribution >= 0.6 is 27.3 Å². The number of hydrogen-bond acceptors (Lipinski definition) is 4. The van der Waals surface area contributed by atoms with E-state index >= 15 is 0 Å². The van der Waals surface area contributed by atoms with E-state index in [1.165, 1.54) is 13.1 Å². The minimum atomic E-state index is -3.61. The van der Waals surface area contributed by atoms with Crippen LogP contribution in [0.2, 0.25) is 0 Å². The van der Waals surface area contributed by atoms with Gasteiger partial charge in [0.1, 0.15) is 4.21 Å². The number of nitrogens with zero attached hydrogens (tertiary/aromatic N) is 1. The van der Waals surface area contributed by atoms with Gasteiger partial charge in [0, 0.05) is 17.2 Å². The van der Waals surface area contributed by atoms with Crippen molar-refractivity contribution in [2.24, 2.45) is 0 Å². The Balaban J connectivity index is 2.04. The first-order valence-corrected chi connectivity index (χ1v) is 9.48. The number of thiophene rings is 1. The van der Waals surface area contributed by atoms with E-state index in [-0.39, 0.29) is 16.7 Å². The van der Waals surface area contributed by atoms with E-state index in [0.29, 0.717) is 5.69 Å². The molecular weight excluding hydrogens is 388 g/mol. The molecule has 0 aliphatic carbocycles. The number of halogens is 1. The van der Waals surface area contributed by atoms with E-state index < -0.39 is 10.0 Å².